The molecule has 0 radical (unpaired) electrons. The van der Waals surface area contributed by atoms with Gasteiger partial charge >= 0.3 is 5.69 Å². The molecule has 0 fully saturated rings. The molecule has 3 rings (SSSR count). The normalized spacial score (nSPS) is 11.1. The second-order valence-electron chi connectivity index (χ2n) is 5.32. The third-order valence-electron chi connectivity index (χ3n) is 3.81. The van der Waals surface area contributed by atoms with Gasteiger partial charge in [0.25, 0.3) is 5.56 Å². The summed E-state index contributed by atoms with van der Waals surface area (Å²) in [6.45, 7) is 2.00. The van der Waals surface area contributed by atoms with E-state index in [0.29, 0.717) is 17.0 Å². The zero-order valence-corrected chi connectivity index (χ0v) is 14.4. The molecule has 0 aliphatic heterocycles. The van der Waals surface area contributed by atoms with Gasteiger partial charge < -0.3 is 4.74 Å². The first-order valence-electron chi connectivity index (χ1n) is 7.66. The lowest BCUT2D eigenvalue weighted by atomic mass is 10.1. The summed E-state index contributed by atoms with van der Waals surface area (Å²) in [4.78, 5) is 27.7. The largest absolute Gasteiger partial charge is 0.364 e. The quantitative estimate of drug-likeness (QED) is 0.724. The van der Waals surface area contributed by atoms with Gasteiger partial charge in [0, 0.05) is 17.6 Å². The zero-order chi connectivity index (χ0) is 17.1. The summed E-state index contributed by atoms with van der Waals surface area (Å²) in [5.41, 5.74) is -0.205. The summed E-state index contributed by atoms with van der Waals surface area (Å²) in [5.74, 6) is 0. The van der Waals surface area contributed by atoms with Gasteiger partial charge in [-0.1, -0.05) is 55.1 Å². The van der Waals surface area contributed by atoms with Crippen LogP contribution >= 0.6 is 11.8 Å². The number of hydrogen-bond donors (Lipinski definition) is 1. The second kappa shape index (κ2) is 7.07. The zero-order valence-electron chi connectivity index (χ0n) is 13.5. The first-order chi connectivity index (χ1) is 11.7. The molecule has 0 amide bonds. The number of hydrogen-bond acceptors (Lipinski definition) is 4. The van der Waals surface area contributed by atoms with Crippen LogP contribution in [0.1, 0.15) is 12.5 Å². The Balaban J connectivity index is 2.21. The van der Waals surface area contributed by atoms with Gasteiger partial charge in [-0.2, -0.15) is 0 Å². The van der Waals surface area contributed by atoms with E-state index in [9.17, 15) is 9.59 Å². The SMILES string of the molecule is CCc1c(Sc2cccc3ccccc23)n(COC)c(=O)[nH]c1=O. The number of rotatable bonds is 5. The molecule has 0 bridgehead atoms. The van der Waals surface area contributed by atoms with E-state index in [4.69, 9.17) is 4.74 Å². The van der Waals surface area contributed by atoms with Crippen molar-refractivity contribution in [2.24, 2.45) is 0 Å². The number of aromatic amines is 1. The Bertz CT molecular complexity index is 986. The fourth-order valence-electron chi connectivity index (χ4n) is 2.66. The van der Waals surface area contributed by atoms with E-state index in [1.807, 2.05) is 49.4 Å². The van der Waals surface area contributed by atoms with Gasteiger partial charge in [-0.05, 0) is 23.3 Å². The van der Waals surface area contributed by atoms with Crippen molar-refractivity contribution in [3.8, 4) is 0 Å². The van der Waals surface area contributed by atoms with Crippen LogP contribution < -0.4 is 11.2 Å². The molecule has 0 unspecified atom stereocenters. The molecular formula is C18H18N2O3S. The van der Waals surface area contributed by atoms with Crippen LogP contribution in [-0.2, 0) is 17.9 Å². The molecule has 24 heavy (non-hydrogen) atoms. The topological polar surface area (TPSA) is 64.1 Å². The molecule has 124 valence electrons. The fraction of sp³-hybridized carbons (Fsp3) is 0.222. The number of aromatic nitrogens is 2. The van der Waals surface area contributed by atoms with Crippen molar-refractivity contribution in [3.05, 3.63) is 68.9 Å². The first kappa shape index (κ1) is 16.5. The van der Waals surface area contributed by atoms with Crippen LogP contribution in [0, 0.1) is 0 Å². The third-order valence-corrected chi connectivity index (χ3v) is 5.05. The Morgan fingerprint density at radius 2 is 1.88 bits per heavy atom. The van der Waals surface area contributed by atoms with Crippen molar-refractivity contribution in [3.63, 3.8) is 0 Å². The van der Waals surface area contributed by atoms with Crippen LogP contribution in [0.15, 0.2) is 62.0 Å². The van der Waals surface area contributed by atoms with Gasteiger partial charge in [0.2, 0.25) is 0 Å². The van der Waals surface area contributed by atoms with Gasteiger partial charge in [0.1, 0.15) is 6.73 Å². The molecule has 1 N–H and O–H groups in total. The average Bonchev–Trinajstić information content (AvgIpc) is 2.59. The molecule has 0 aliphatic rings. The molecule has 0 spiro atoms. The van der Waals surface area contributed by atoms with Crippen LogP contribution in [0.5, 0.6) is 0 Å². The summed E-state index contributed by atoms with van der Waals surface area (Å²) in [6, 6.07) is 14.1. The molecule has 0 saturated heterocycles. The lowest BCUT2D eigenvalue weighted by molar-refractivity contribution is 0.119. The Hall–Kier alpha value is -2.31. The molecular weight excluding hydrogens is 324 g/mol. The number of methoxy groups -OCH3 is 1. The van der Waals surface area contributed by atoms with Gasteiger partial charge in [-0.15, -0.1) is 0 Å². The number of fused-ring (bicyclic) bond motifs is 1. The summed E-state index contributed by atoms with van der Waals surface area (Å²) in [7, 11) is 1.52. The van der Waals surface area contributed by atoms with Crippen molar-refractivity contribution in [2.75, 3.05) is 7.11 Å². The molecule has 0 atom stereocenters. The van der Waals surface area contributed by atoms with E-state index >= 15 is 0 Å². The maximum Gasteiger partial charge on any atom is 0.331 e. The van der Waals surface area contributed by atoms with Crippen LogP contribution in [0.25, 0.3) is 10.8 Å². The number of ether oxygens (including phenoxy) is 1. The van der Waals surface area contributed by atoms with E-state index < -0.39 is 5.69 Å². The maximum absolute atomic E-state index is 12.2. The number of benzene rings is 2. The van der Waals surface area contributed by atoms with Crippen LogP contribution in [0.2, 0.25) is 0 Å². The van der Waals surface area contributed by atoms with Crippen molar-refractivity contribution in [1.82, 2.24) is 9.55 Å². The van der Waals surface area contributed by atoms with E-state index in [1.54, 1.807) is 0 Å². The minimum atomic E-state index is -0.457. The molecule has 5 nitrogen and oxygen atoms in total. The van der Waals surface area contributed by atoms with E-state index in [0.717, 1.165) is 15.7 Å². The molecule has 6 heteroatoms. The predicted molar refractivity (Wildman–Crippen MR) is 95.8 cm³/mol. The number of nitrogens with one attached hydrogen (secondary N) is 1. The Morgan fingerprint density at radius 3 is 2.62 bits per heavy atom. The summed E-state index contributed by atoms with van der Waals surface area (Å²) in [5, 5.41) is 2.83. The predicted octanol–water partition coefficient (Wildman–Crippen LogP) is 3.01. The fourth-order valence-corrected chi connectivity index (χ4v) is 3.91. The first-order valence-corrected chi connectivity index (χ1v) is 8.48. The highest BCUT2D eigenvalue weighted by Gasteiger charge is 2.16. The van der Waals surface area contributed by atoms with Crippen LogP contribution in [-0.4, -0.2) is 16.7 Å². The molecule has 2 aromatic carbocycles. The Morgan fingerprint density at radius 1 is 1.12 bits per heavy atom. The van der Waals surface area contributed by atoms with Gasteiger partial charge in [0.15, 0.2) is 0 Å². The summed E-state index contributed by atoms with van der Waals surface area (Å²) < 4.78 is 6.61. The second-order valence-corrected chi connectivity index (χ2v) is 6.35. The Kier molecular flexibility index (Phi) is 4.87. The van der Waals surface area contributed by atoms with Crippen LogP contribution in [0.3, 0.4) is 0 Å². The smallest absolute Gasteiger partial charge is 0.331 e. The Labute approximate surface area is 143 Å². The lowest BCUT2D eigenvalue weighted by Crippen LogP contribution is -2.34. The number of nitrogens with zero attached hydrogens (tertiary/aromatic N) is 1. The highest BCUT2D eigenvalue weighted by molar-refractivity contribution is 7.99. The molecule has 0 aliphatic carbocycles. The average molecular weight is 342 g/mol. The molecule has 1 aromatic heterocycles. The third kappa shape index (κ3) is 3.02. The van der Waals surface area contributed by atoms with E-state index in [1.165, 1.54) is 23.4 Å². The number of H-pyrrole nitrogens is 1. The molecule has 0 saturated carbocycles. The van der Waals surface area contributed by atoms with Gasteiger partial charge in [0.05, 0.1) is 5.03 Å². The van der Waals surface area contributed by atoms with Crippen molar-refractivity contribution in [2.45, 2.75) is 30.0 Å². The monoisotopic (exact) mass is 342 g/mol. The van der Waals surface area contributed by atoms with E-state index in [2.05, 4.69) is 4.98 Å². The highest BCUT2D eigenvalue weighted by Crippen LogP contribution is 2.34. The minimum absolute atomic E-state index is 0.0930. The summed E-state index contributed by atoms with van der Waals surface area (Å²) in [6.07, 6.45) is 0.534. The minimum Gasteiger partial charge on any atom is -0.364 e. The highest BCUT2D eigenvalue weighted by atomic mass is 32.2. The maximum atomic E-state index is 12.2. The van der Waals surface area contributed by atoms with Crippen molar-refractivity contribution in [1.29, 1.82) is 0 Å². The van der Waals surface area contributed by atoms with Crippen LogP contribution in [0.4, 0.5) is 0 Å². The van der Waals surface area contributed by atoms with Crippen molar-refractivity contribution >= 4 is 22.5 Å². The van der Waals surface area contributed by atoms with Gasteiger partial charge in [-0.3, -0.25) is 14.3 Å². The standard InChI is InChI=1S/C18H18N2O3S/c1-3-13-16(21)19-18(22)20(11-23-2)17(13)24-15-10-6-8-12-7-4-5-9-14(12)15/h4-10H,3,11H2,1-2H3,(H,19,21,22). The molecule has 1 heterocycles. The lowest BCUT2D eigenvalue weighted by Gasteiger charge is -2.15. The van der Waals surface area contributed by atoms with Gasteiger partial charge in [-0.25, -0.2) is 4.79 Å². The van der Waals surface area contributed by atoms with Crippen molar-refractivity contribution < 1.29 is 4.74 Å². The van der Waals surface area contributed by atoms with E-state index in [-0.39, 0.29) is 12.3 Å². The summed E-state index contributed by atoms with van der Waals surface area (Å²) >= 11 is 1.43. The molecule has 3 aromatic rings.